The molecule has 2 aromatic rings. The minimum absolute atomic E-state index is 0.372. The molecule has 2 rings (SSSR count). The van der Waals surface area contributed by atoms with Crippen LogP contribution in [0.15, 0.2) is 29.9 Å². The molecule has 0 fully saturated rings. The molecule has 0 saturated carbocycles. The van der Waals surface area contributed by atoms with Crippen molar-refractivity contribution in [3.05, 3.63) is 51.5 Å². The maximum absolute atomic E-state index is 4.14. The van der Waals surface area contributed by atoms with Gasteiger partial charge in [-0.1, -0.05) is 18.2 Å². The molecule has 0 saturated heterocycles. The van der Waals surface area contributed by atoms with Crippen molar-refractivity contribution in [2.45, 2.75) is 26.3 Å². The number of aryl methyl sites for hydroxylation is 2. The van der Waals surface area contributed by atoms with E-state index >= 15 is 0 Å². The van der Waals surface area contributed by atoms with Gasteiger partial charge in [0.2, 0.25) is 0 Å². The van der Waals surface area contributed by atoms with E-state index in [0.29, 0.717) is 6.04 Å². The third kappa shape index (κ3) is 2.73. The molecule has 3 heteroatoms. The molecular weight excluding hydrogens is 228 g/mol. The molecular formula is C14H18N2S. The molecule has 1 heterocycles. The number of nitrogens with one attached hydrogen (secondary N) is 1. The SMILES string of the molecule is CNC(Cc1cncs1)c1c(C)cccc1C. The zero-order chi connectivity index (χ0) is 12.3. The van der Waals surface area contributed by atoms with E-state index in [1.807, 2.05) is 18.8 Å². The van der Waals surface area contributed by atoms with Gasteiger partial charge in [-0.25, -0.2) is 0 Å². The van der Waals surface area contributed by atoms with Crippen molar-refractivity contribution < 1.29 is 0 Å². The molecule has 0 spiro atoms. The second kappa shape index (κ2) is 5.43. The van der Waals surface area contributed by atoms with E-state index in [4.69, 9.17) is 0 Å². The summed E-state index contributed by atoms with van der Waals surface area (Å²) in [7, 11) is 2.03. The monoisotopic (exact) mass is 246 g/mol. The van der Waals surface area contributed by atoms with Crippen LogP contribution in [0, 0.1) is 13.8 Å². The minimum atomic E-state index is 0.372. The average Bonchev–Trinajstić information content (AvgIpc) is 2.80. The Morgan fingerprint density at radius 3 is 2.53 bits per heavy atom. The fourth-order valence-corrected chi connectivity index (χ4v) is 2.91. The first kappa shape index (κ1) is 12.3. The van der Waals surface area contributed by atoms with E-state index in [-0.39, 0.29) is 0 Å². The van der Waals surface area contributed by atoms with Gasteiger partial charge in [0.05, 0.1) is 5.51 Å². The van der Waals surface area contributed by atoms with Gasteiger partial charge in [-0.3, -0.25) is 4.98 Å². The van der Waals surface area contributed by atoms with E-state index in [2.05, 4.69) is 42.3 Å². The number of nitrogens with zero attached hydrogens (tertiary/aromatic N) is 1. The summed E-state index contributed by atoms with van der Waals surface area (Å²) in [5, 5.41) is 3.42. The van der Waals surface area contributed by atoms with Crippen LogP contribution >= 0.6 is 11.3 Å². The molecule has 17 heavy (non-hydrogen) atoms. The van der Waals surface area contributed by atoms with Crippen LogP contribution in [0.25, 0.3) is 0 Å². The Balaban J connectivity index is 2.29. The van der Waals surface area contributed by atoms with Gasteiger partial charge in [0, 0.05) is 23.5 Å². The Morgan fingerprint density at radius 2 is 2.00 bits per heavy atom. The maximum atomic E-state index is 4.14. The quantitative estimate of drug-likeness (QED) is 0.895. The van der Waals surface area contributed by atoms with Gasteiger partial charge < -0.3 is 5.32 Å². The Hall–Kier alpha value is -1.19. The highest BCUT2D eigenvalue weighted by molar-refractivity contribution is 7.09. The van der Waals surface area contributed by atoms with Crippen LogP contribution in [0.5, 0.6) is 0 Å². The minimum Gasteiger partial charge on any atom is -0.313 e. The predicted octanol–water partition coefficient (Wildman–Crippen LogP) is 3.26. The topological polar surface area (TPSA) is 24.9 Å². The lowest BCUT2D eigenvalue weighted by Gasteiger charge is -2.20. The standard InChI is InChI=1S/C14H18N2S/c1-10-5-4-6-11(2)14(10)13(15-3)7-12-8-16-9-17-12/h4-6,8-9,13,15H,7H2,1-3H3. The molecule has 1 aromatic carbocycles. The Kier molecular flexibility index (Phi) is 3.92. The van der Waals surface area contributed by atoms with Crippen molar-refractivity contribution in [2.75, 3.05) is 7.05 Å². The number of hydrogen-bond acceptors (Lipinski definition) is 3. The van der Waals surface area contributed by atoms with Gasteiger partial charge in [0.25, 0.3) is 0 Å². The summed E-state index contributed by atoms with van der Waals surface area (Å²) >= 11 is 1.72. The number of rotatable bonds is 4. The molecule has 1 atom stereocenters. The van der Waals surface area contributed by atoms with Gasteiger partial charge in [0.1, 0.15) is 0 Å². The summed E-state index contributed by atoms with van der Waals surface area (Å²) < 4.78 is 0. The van der Waals surface area contributed by atoms with Crippen LogP contribution < -0.4 is 5.32 Å². The summed E-state index contributed by atoms with van der Waals surface area (Å²) in [5.41, 5.74) is 6.03. The van der Waals surface area contributed by atoms with Gasteiger partial charge >= 0.3 is 0 Å². The molecule has 0 aliphatic heterocycles. The summed E-state index contributed by atoms with van der Waals surface area (Å²) in [4.78, 5) is 5.46. The van der Waals surface area contributed by atoms with Gasteiger partial charge in [-0.2, -0.15) is 0 Å². The van der Waals surface area contributed by atoms with Crippen molar-refractivity contribution in [1.29, 1.82) is 0 Å². The molecule has 0 radical (unpaired) electrons. The van der Waals surface area contributed by atoms with E-state index in [1.54, 1.807) is 11.3 Å². The lowest BCUT2D eigenvalue weighted by atomic mass is 9.94. The van der Waals surface area contributed by atoms with Crippen LogP contribution in [0.1, 0.15) is 27.6 Å². The van der Waals surface area contributed by atoms with E-state index in [9.17, 15) is 0 Å². The first-order chi connectivity index (χ1) is 8.22. The number of thiazole rings is 1. The molecule has 1 N–H and O–H groups in total. The summed E-state index contributed by atoms with van der Waals surface area (Å²) in [6, 6.07) is 6.85. The molecule has 0 amide bonds. The second-order valence-corrected chi connectivity index (χ2v) is 5.29. The molecule has 1 unspecified atom stereocenters. The average molecular weight is 246 g/mol. The maximum Gasteiger partial charge on any atom is 0.0794 e. The highest BCUT2D eigenvalue weighted by atomic mass is 32.1. The molecule has 0 aliphatic carbocycles. The normalized spacial score (nSPS) is 12.6. The zero-order valence-electron chi connectivity index (χ0n) is 10.5. The third-order valence-corrected chi connectivity index (χ3v) is 3.93. The predicted molar refractivity (Wildman–Crippen MR) is 73.5 cm³/mol. The fraction of sp³-hybridized carbons (Fsp3) is 0.357. The van der Waals surface area contributed by atoms with Crippen LogP contribution in [-0.2, 0) is 6.42 Å². The van der Waals surface area contributed by atoms with E-state index < -0.39 is 0 Å². The number of benzene rings is 1. The Morgan fingerprint density at radius 1 is 1.29 bits per heavy atom. The summed E-state index contributed by atoms with van der Waals surface area (Å²) in [6.45, 7) is 4.36. The van der Waals surface area contributed by atoms with Crippen molar-refractivity contribution in [3.8, 4) is 0 Å². The first-order valence-electron chi connectivity index (χ1n) is 5.83. The van der Waals surface area contributed by atoms with Crippen LogP contribution in [0.3, 0.4) is 0 Å². The molecule has 90 valence electrons. The molecule has 0 bridgehead atoms. The van der Waals surface area contributed by atoms with Gasteiger partial charge in [-0.15, -0.1) is 11.3 Å². The fourth-order valence-electron chi connectivity index (χ4n) is 2.27. The lowest BCUT2D eigenvalue weighted by Crippen LogP contribution is -2.20. The highest BCUT2D eigenvalue weighted by Crippen LogP contribution is 2.25. The Bertz CT molecular complexity index is 457. The largest absolute Gasteiger partial charge is 0.313 e. The zero-order valence-corrected chi connectivity index (χ0v) is 11.3. The van der Waals surface area contributed by atoms with Crippen molar-refractivity contribution in [2.24, 2.45) is 0 Å². The third-order valence-electron chi connectivity index (χ3n) is 3.13. The van der Waals surface area contributed by atoms with Crippen LogP contribution in [0.2, 0.25) is 0 Å². The summed E-state index contributed by atoms with van der Waals surface area (Å²) in [5.74, 6) is 0. The van der Waals surface area contributed by atoms with E-state index in [0.717, 1.165) is 6.42 Å². The number of aromatic nitrogens is 1. The summed E-state index contributed by atoms with van der Waals surface area (Å²) in [6.07, 6.45) is 2.97. The van der Waals surface area contributed by atoms with Gasteiger partial charge in [-0.05, 0) is 37.6 Å². The second-order valence-electron chi connectivity index (χ2n) is 4.32. The number of likely N-dealkylation sites (N-methyl/N-ethyl adjacent to an activating group) is 1. The Labute approximate surface area is 107 Å². The molecule has 2 nitrogen and oxygen atoms in total. The molecule has 0 aliphatic rings. The van der Waals surface area contributed by atoms with Crippen molar-refractivity contribution >= 4 is 11.3 Å². The van der Waals surface area contributed by atoms with Crippen LogP contribution in [-0.4, -0.2) is 12.0 Å². The number of hydrogen-bond donors (Lipinski definition) is 1. The van der Waals surface area contributed by atoms with Crippen molar-refractivity contribution in [1.82, 2.24) is 10.3 Å². The van der Waals surface area contributed by atoms with Crippen LogP contribution in [0.4, 0.5) is 0 Å². The first-order valence-corrected chi connectivity index (χ1v) is 6.71. The molecule has 1 aromatic heterocycles. The van der Waals surface area contributed by atoms with E-state index in [1.165, 1.54) is 21.6 Å². The lowest BCUT2D eigenvalue weighted by molar-refractivity contribution is 0.589. The smallest absolute Gasteiger partial charge is 0.0794 e. The van der Waals surface area contributed by atoms with Gasteiger partial charge in [0.15, 0.2) is 0 Å². The van der Waals surface area contributed by atoms with Crippen molar-refractivity contribution in [3.63, 3.8) is 0 Å². The highest BCUT2D eigenvalue weighted by Gasteiger charge is 2.15.